The molecule has 176 valence electrons. The summed E-state index contributed by atoms with van der Waals surface area (Å²) in [5.74, 6) is -0.815. The number of H-pyrrole nitrogens is 1. The maximum atomic E-state index is 13.5. The Kier molecular flexibility index (Phi) is 5.87. The fourth-order valence-corrected chi connectivity index (χ4v) is 4.48. The Balaban J connectivity index is 1.31. The topological polar surface area (TPSA) is 68.4 Å². The lowest BCUT2D eigenvalue weighted by molar-refractivity contribution is 0.0828. The molecule has 0 saturated carbocycles. The SMILES string of the molecule is CN(C)C(=O)c1ccc2[nH]c3c(N4CCN(CCc5ccc(F)c(F)c5)CC4)ncnc3c2c1. The largest absolute Gasteiger partial charge is 0.352 e. The zero-order valence-electron chi connectivity index (χ0n) is 19.2. The molecular weight excluding hydrogens is 438 g/mol. The van der Waals surface area contributed by atoms with Crippen LogP contribution in [0.25, 0.3) is 21.9 Å². The van der Waals surface area contributed by atoms with Gasteiger partial charge in [0, 0.05) is 63.3 Å². The number of aromatic amines is 1. The molecule has 1 fully saturated rings. The maximum absolute atomic E-state index is 13.5. The van der Waals surface area contributed by atoms with Gasteiger partial charge in [0.15, 0.2) is 17.5 Å². The number of aromatic nitrogens is 3. The van der Waals surface area contributed by atoms with Crippen LogP contribution >= 0.6 is 0 Å². The highest BCUT2D eigenvalue weighted by Crippen LogP contribution is 2.30. The molecule has 34 heavy (non-hydrogen) atoms. The molecule has 3 heterocycles. The summed E-state index contributed by atoms with van der Waals surface area (Å²) >= 11 is 0. The first-order valence-electron chi connectivity index (χ1n) is 11.3. The van der Waals surface area contributed by atoms with Crippen molar-refractivity contribution in [3.63, 3.8) is 0 Å². The molecule has 0 aliphatic carbocycles. The first kappa shape index (κ1) is 22.2. The van der Waals surface area contributed by atoms with Crippen molar-refractivity contribution >= 4 is 33.7 Å². The molecule has 0 radical (unpaired) electrons. The summed E-state index contributed by atoms with van der Waals surface area (Å²) in [4.78, 5) is 31.0. The molecular formula is C25H26F2N6O. The van der Waals surface area contributed by atoms with Gasteiger partial charge in [-0.2, -0.15) is 0 Å². The Morgan fingerprint density at radius 1 is 1.03 bits per heavy atom. The zero-order chi connectivity index (χ0) is 23.8. The second kappa shape index (κ2) is 8.98. The Bertz CT molecular complexity index is 1360. The number of halogens is 2. The van der Waals surface area contributed by atoms with Crippen LogP contribution in [0.2, 0.25) is 0 Å². The number of fused-ring (bicyclic) bond motifs is 3. The second-order valence-electron chi connectivity index (χ2n) is 8.83. The highest BCUT2D eigenvalue weighted by Gasteiger charge is 2.22. The summed E-state index contributed by atoms with van der Waals surface area (Å²) < 4.78 is 26.6. The molecule has 7 nitrogen and oxygen atoms in total. The molecule has 0 unspecified atom stereocenters. The number of rotatable bonds is 5. The molecule has 2 aromatic heterocycles. The quantitative estimate of drug-likeness (QED) is 0.490. The number of piperazine rings is 1. The summed E-state index contributed by atoms with van der Waals surface area (Å²) in [6.45, 7) is 4.06. The van der Waals surface area contributed by atoms with Gasteiger partial charge in [-0.3, -0.25) is 9.69 Å². The van der Waals surface area contributed by atoms with Crippen molar-refractivity contribution in [1.29, 1.82) is 0 Å². The van der Waals surface area contributed by atoms with E-state index in [2.05, 4.69) is 24.8 Å². The lowest BCUT2D eigenvalue weighted by atomic mass is 10.1. The normalized spacial score (nSPS) is 14.8. The van der Waals surface area contributed by atoms with E-state index in [1.807, 2.05) is 18.2 Å². The fraction of sp³-hybridized carbons (Fsp3) is 0.320. The monoisotopic (exact) mass is 464 g/mol. The third-order valence-electron chi connectivity index (χ3n) is 6.39. The van der Waals surface area contributed by atoms with Gasteiger partial charge in [-0.05, 0) is 42.3 Å². The van der Waals surface area contributed by atoms with Crippen molar-refractivity contribution in [2.75, 3.05) is 51.7 Å². The standard InChI is InChI=1S/C25H26F2N6O/c1-31(2)25(34)17-4-6-21-18(14-17)22-23(30-21)24(29-15-28-22)33-11-9-32(10-12-33)8-7-16-3-5-19(26)20(27)13-16/h3-6,13-15,30H,7-12H2,1-2H3. The third-order valence-corrected chi connectivity index (χ3v) is 6.39. The number of nitrogens with zero attached hydrogens (tertiary/aromatic N) is 5. The van der Waals surface area contributed by atoms with E-state index in [0.29, 0.717) is 12.0 Å². The minimum Gasteiger partial charge on any atom is -0.352 e. The average Bonchev–Trinajstić information content (AvgIpc) is 3.22. The summed E-state index contributed by atoms with van der Waals surface area (Å²) in [6.07, 6.45) is 2.24. The van der Waals surface area contributed by atoms with Crippen molar-refractivity contribution in [3.8, 4) is 0 Å². The molecule has 1 saturated heterocycles. The van der Waals surface area contributed by atoms with E-state index in [9.17, 15) is 13.6 Å². The Hall–Kier alpha value is -3.59. The number of anilines is 1. The predicted octanol–water partition coefficient (Wildman–Crippen LogP) is 3.46. The lowest BCUT2D eigenvalue weighted by Crippen LogP contribution is -2.47. The molecule has 0 spiro atoms. The summed E-state index contributed by atoms with van der Waals surface area (Å²) in [5, 5.41) is 0.900. The first-order valence-corrected chi connectivity index (χ1v) is 11.3. The molecule has 5 rings (SSSR count). The molecule has 0 bridgehead atoms. The fourth-order valence-electron chi connectivity index (χ4n) is 4.48. The van der Waals surface area contributed by atoms with E-state index in [1.165, 1.54) is 12.1 Å². The van der Waals surface area contributed by atoms with Gasteiger partial charge in [0.2, 0.25) is 0 Å². The van der Waals surface area contributed by atoms with E-state index in [4.69, 9.17) is 0 Å². The van der Waals surface area contributed by atoms with Crippen LogP contribution in [0, 0.1) is 11.6 Å². The molecule has 1 aliphatic rings. The maximum Gasteiger partial charge on any atom is 0.253 e. The van der Waals surface area contributed by atoms with Crippen LogP contribution in [0.5, 0.6) is 0 Å². The van der Waals surface area contributed by atoms with Crippen molar-refractivity contribution in [2.45, 2.75) is 6.42 Å². The summed E-state index contributed by atoms with van der Waals surface area (Å²) in [7, 11) is 3.47. The Morgan fingerprint density at radius 3 is 2.56 bits per heavy atom. The van der Waals surface area contributed by atoms with Crippen molar-refractivity contribution in [2.24, 2.45) is 0 Å². The molecule has 1 amide bonds. The summed E-state index contributed by atoms with van der Waals surface area (Å²) in [5.41, 5.74) is 3.99. The van der Waals surface area contributed by atoms with Crippen LogP contribution < -0.4 is 4.90 Å². The number of carbonyl (C=O) groups is 1. The van der Waals surface area contributed by atoms with Crippen LogP contribution in [-0.4, -0.2) is 77.5 Å². The zero-order valence-corrected chi connectivity index (χ0v) is 19.2. The van der Waals surface area contributed by atoms with E-state index < -0.39 is 11.6 Å². The number of benzene rings is 2. The van der Waals surface area contributed by atoms with Gasteiger partial charge in [-0.25, -0.2) is 18.7 Å². The van der Waals surface area contributed by atoms with Crippen LogP contribution in [0.3, 0.4) is 0 Å². The van der Waals surface area contributed by atoms with Crippen molar-refractivity contribution < 1.29 is 13.6 Å². The number of carbonyl (C=O) groups excluding carboxylic acids is 1. The van der Waals surface area contributed by atoms with Gasteiger partial charge < -0.3 is 14.8 Å². The van der Waals surface area contributed by atoms with Crippen LogP contribution in [0.15, 0.2) is 42.7 Å². The first-order chi connectivity index (χ1) is 16.4. The van der Waals surface area contributed by atoms with Crippen LogP contribution in [0.4, 0.5) is 14.6 Å². The van der Waals surface area contributed by atoms with Gasteiger partial charge >= 0.3 is 0 Å². The van der Waals surface area contributed by atoms with E-state index >= 15 is 0 Å². The Labute approximate surface area is 196 Å². The molecule has 4 aromatic rings. The van der Waals surface area contributed by atoms with E-state index in [-0.39, 0.29) is 5.91 Å². The lowest BCUT2D eigenvalue weighted by Gasteiger charge is -2.35. The van der Waals surface area contributed by atoms with Gasteiger partial charge in [0.25, 0.3) is 5.91 Å². The summed E-state index contributed by atoms with van der Waals surface area (Å²) in [6, 6.07) is 9.70. The van der Waals surface area contributed by atoms with Crippen molar-refractivity contribution in [3.05, 3.63) is 65.5 Å². The smallest absolute Gasteiger partial charge is 0.253 e. The molecule has 1 N–H and O–H groups in total. The van der Waals surface area contributed by atoms with E-state index in [0.717, 1.165) is 66.0 Å². The van der Waals surface area contributed by atoms with Gasteiger partial charge in [0.05, 0.1) is 0 Å². The number of hydrogen-bond acceptors (Lipinski definition) is 5. The van der Waals surface area contributed by atoms with Gasteiger partial charge in [0.1, 0.15) is 17.4 Å². The predicted molar refractivity (Wildman–Crippen MR) is 128 cm³/mol. The number of nitrogens with one attached hydrogen (secondary N) is 1. The van der Waals surface area contributed by atoms with Crippen molar-refractivity contribution in [1.82, 2.24) is 24.8 Å². The van der Waals surface area contributed by atoms with Gasteiger partial charge in [-0.1, -0.05) is 6.07 Å². The number of amides is 1. The Morgan fingerprint density at radius 2 is 1.82 bits per heavy atom. The molecule has 1 aliphatic heterocycles. The average molecular weight is 465 g/mol. The third kappa shape index (κ3) is 4.19. The molecule has 0 atom stereocenters. The van der Waals surface area contributed by atoms with E-state index in [1.54, 1.807) is 31.4 Å². The second-order valence-corrected chi connectivity index (χ2v) is 8.83. The van der Waals surface area contributed by atoms with Crippen LogP contribution in [-0.2, 0) is 6.42 Å². The minimum atomic E-state index is -0.814. The molecule has 2 aromatic carbocycles. The van der Waals surface area contributed by atoms with Crippen LogP contribution in [0.1, 0.15) is 15.9 Å². The minimum absolute atomic E-state index is 0.0509. The highest BCUT2D eigenvalue weighted by atomic mass is 19.2. The molecule has 9 heteroatoms. The number of hydrogen-bond donors (Lipinski definition) is 1. The van der Waals surface area contributed by atoms with Gasteiger partial charge in [-0.15, -0.1) is 0 Å². The highest BCUT2D eigenvalue weighted by molar-refractivity contribution is 6.10.